The number of unbranched alkanes of at least 4 members (excludes halogenated alkanes) is 1. The fourth-order valence-electron chi connectivity index (χ4n) is 1.22. The van der Waals surface area contributed by atoms with Crippen LogP contribution >= 0.6 is 7.60 Å². The van der Waals surface area contributed by atoms with Crippen LogP contribution in [0.15, 0.2) is 0 Å². The summed E-state index contributed by atoms with van der Waals surface area (Å²) >= 11 is 0. The van der Waals surface area contributed by atoms with Crippen LogP contribution in [0.25, 0.3) is 0 Å². The van der Waals surface area contributed by atoms with Crippen LogP contribution in [0.2, 0.25) is 0 Å². The molecule has 0 aromatic carbocycles. The second-order valence-electron chi connectivity index (χ2n) is 4.14. The molecule has 0 aromatic heterocycles. The Balaban J connectivity index is 4.21. The normalized spacial score (nSPS) is 12.7. The van der Waals surface area contributed by atoms with Crippen molar-refractivity contribution in [2.24, 2.45) is 5.73 Å². The lowest BCUT2D eigenvalue weighted by Crippen LogP contribution is -2.11. The lowest BCUT2D eigenvalue weighted by atomic mass is 10.3. The molecular weight excluding hydrogens is 213 g/mol. The Labute approximate surface area is 93.1 Å². The van der Waals surface area contributed by atoms with Crippen molar-refractivity contribution >= 4 is 7.60 Å². The van der Waals surface area contributed by atoms with Gasteiger partial charge in [-0.05, 0) is 47.1 Å². The molecule has 0 aliphatic heterocycles. The average molecular weight is 237 g/mol. The highest BCUT2D eigenvalue weighted by Gasteiger charge is 2.26. The molecule has 92 valence electrons. The third-order valence-electron chi connectivity index (χ3n) is 1.63. The topological polar surface area (TPSA) is 61.5 Å². The number of nitrogens with two attached hydrogens (primary N) is 1. The summed E-state index contributed by atoms with van der Waals surface area (Å²) in [4.78, 5) is 0. The first-order valence-corrected chi connectivity index (χ1v) is 7.28. The zero-order valence-electron chi connectivity index (χ0n) is 10.2. The summed E-state index contributed by atoms with van der Waals surface area (Å²) in [6.07, 6.45) is 1.95. The lowest BCUT2D eigenvalue weighted by molar-refractivity contribution is 0.142. The van der Waals surface area contributed by atoms with Gasteiger partial charge in [0.15, 0.2) is 0 Å². The monoisotopic (exact) mass is 237 g/mol. The highest BCUT2D eigenvalue weighted by Crippen LogP contribution is 2.51. The zero-order valence-corrected chi connectivity index (χ0v) is 11.1. The molecule has 15 heavy (non-hydrogen) atoms. The first kappa shape index (κ1) is 15.1. The molecule has 0 bridgehead atoms. The van der Waals surface area contributed by atoms with E-state index in [0.29, 0.717) is 12.7 Å². The molecule has 0 amide bonds. The molecule has 0 heterocycles. The van der Waals surface area contributed by atoms with E-state index in [1.54, 1.807) is 0 Å². The number of hydrogen-bond acceptors (Lipinski definition) is 4. The van der Waals surface area contributed by atoms with E-state index in [0.717, 1.165) is 12.8 Å². The second-order valence-corrected chi connectivity index (χ2v) is 6.23. The predicted molar refractivity (Wildman–Crippen MR) is 63.2 cm³/mol. The second kappa shape index (κ2) is 7.39. The van der Waals surface area contributed by atoms with Gasteiger partial charge < -0.3 is 14.8 Å². The standard InChI is InChI=1S/C10H24NO3P/c1-9(2)13-15(12,14-10(3)4)8-6-5-7-11/h9-10H,5-8,11H2,1-4H3. The van der Waals surface area contributed by atoms with Gasteiger partial charge in [-0.3, -0.25) is 4.57 Å². The van der Waals surface area contributed by atoms with Crippen molar-refractivity contribution in [2.75, 3.05) is 12.7 Å². The fourth-order valence-corrected chi connectivity index (χ4v) is 3.38. The van der Waals surface area contributed by atoms with Gasteiger partial charge in [0.25, 0.3) is 0 Å². The van der Waals surface area contributed by atoms with Crippen molar-refractivity contribution in [3.63, 3.8) is 0 Å². The summed E-state index contributed by atoms with van der Waals surface area (Å²) in [5, 5.41) is 0. The van der Waals surface area contributed by atoms with Gasteiger partial charge in [-0.25, -0.2) is 0 Å². The van der Waals surface area contributed by atoms with Gasteiger partial charge in [0.05, 0.1) is 18.4 Å². The molecule has 0 spiro atoms. The minimum atomic E-state index is -2.92. The molecule has 0 saturated heterocycles. The first-order chi connectivity index (χ1) is 6.89. The average Bonchev–Trinajstić information content (AvgIpc) is 2.00. The van der Waals surface area contributed by atoms with E-state index in [-0.39, 0.29) is 12.2 Å². The van der Waals surface area contributed by atoms with Gasteiger partial charge in [-0.2, -0.15) is 0 Å². The molecule has 0 fully saturated rings. The predicted octanol–water partition coefficient (Wildman–Crippen LogP) is 2.77. The van der Waals surface area contributed by atoms with Gasteiger partial charge in [-0.15, -0.1) is 0 Å². The summed E-state index contributed by atoms with van der Waals surface area (Å²) in [6, 6.07) is 0. The quantitative estimate of drug-likeness (QED) is 0.521. The van der Waals surface area contributed by atoms with E-state index in [2.05, 4.69) is 0 Å². The van der Waals surface area contributed by atoms with Crippen LogP contribution in [-0.4, -0.2) is 24.9 Å². The highest BCUT2D eigenvalue weighted by molar-refractivity contribution is 7.53. The van der Waals surface area contributed by atoms with Crippen molar-refractivity contribution in [3.05, 3.63) is 0 Å². The summed E-state index contributed by atoms with van der Waals surface area (Å²) in [7, 11) is -2.92. The van der Waals surface area contributed by atoms with Gasteiger partial charge in [-0.1, -0.05) is 0 Å². The largest absolute Gasteiger partial charge is 0.331 e. The molecule has 4 nitrogen and oxygen atoms in total. The van der Waals surface area contributed by atoms with Crippen LogP contribution < -0.4 is 5.73 Å². The summed E-state index contributed by atoms with van der Waals surface area (Å²) in [6.45, 7) is 8.06. The SMILES string of the molecule is CC(C)OP(=O)(CCCCN)OC(C)C. The van der Waals surface area contributed by atoms with Gasteiger partial charge in [0.2, 0.25) is 0 Å². The molecule has 2 N–H and O–H groups in total. The fraction of sp³-hybridized carbons (Fsp3) is 1.00. The van der Waals surface area contributed by atoms with E-state index in [1.165, 1.54) is 0 Å². The molecule has 0 atom stereocenters. The van der Waals surface area contributed by atoms with E-state index < -0.39 is 7.60 Å². The summed E-state index contributed by atoms with van der Waals surface area (Å²) in [5.74, 6) is 0. The van der Waals surface area contributed by atoms with Gasteiger partial charge in [0.1, 0.15) is 0 Å². The number of rotatable bonds is 8. The summed E-state index contributed by atoms with van der Waals surface area (Å²) in [5.41, 5.74) is 5.39. The smallest absolute Gasteiger partial charge is 0.330 e. The Bertz CT molecular complexity index is 193. The molecule has 0 saturated carbocycles. The molecule has 0 aliphatic rings. The maximum absolute atomic E-state index is 12.2. The van der Waals surface area contributed by atoms with Crippen molar-refractivity contribution in [1.82, 2.24) is 0 Å². The minimum absolute atomic E-state index is 0.0764. The molecule has 5 heteroatoms. The Hall–Kier alpha value is 0.110. The van der Waals surface area contributed by atoms with E-state index in [9.17, 15) is 4.57 Å². The van der Waals surface area contributed by atoms with Crippen LogP contribution in [-0.2, 0) is 13.6 Å². The van der Waals surface area contributed by atoms with Crippen molar-refractivity contribution in [2.45, 2.75) is 52.7 Å². The van der Waals surface area contributed by atoms with Gasteiger partial charge in [0, 0.05) is 0 Å². The third kappa shape index (κ3) is 7.97. The van der Waals surface area contributed by atoms with Crippen LogP contribution in [0.1, 0.15) is 40.5 Å². The van der Waals surface area contributed by atoms with Crippen LogP contribution in [0.5, 0.6) is 0 Å². The summed E-state index contributed by atoms with van der Waals surface area (Å²) < 4.78 is 23.0. The third-order valence-corrected chi connectivity index (χ3v) is 3.98. The number of hydrogen-bond donors (Lipinski definition) is 1. The van der Waals surface area contributed by atoms with Crippen molar-refractivity contribution in [1.29, 1.82) is 0 Å². The molecule has 0 rings (SSSR count). The Morgan fingerprint density at radius 1 is 1.07 bits per heavy atom. The molecular formula is C10H24NO3P. The zero-order chi connectivity index (χ0) is 11.9. The van der Waals surface area contributed by atoms with Gasteiger partial charge >= 0.3 is 7.60 Å². The first-order valence-electron chi connectivity index (χ1n) is 5.55. The Morgan fingerprint density at radius 2 is 1.53 bits per heavy atom. The van der Waals surface area contributed by atoms with E-state index in [1.807, 2.05) is 27.7 Å². The maximum atomic E-state index is 12.2. The lowest BCUT2D eigenvalue weighted by Gasteiger charge is -2.22. The van der Waals surface area contributed by atoms with Crippen LogP contribution in [0.3, 0.4) is 0 Å². The molecule has 0 aliphatic carbocycles. The molecule has 0 unspecified atom stereocenters. The Kier molecular flexibility index (Phi) is 7.45. The van der Waals surface area contributed by atoms with Crippen molar-refractivity contribution in [3.8, 4) is 0 Å². The van der Waals surface area contributed by atoms with Crippen LogP contribution in [0.4, 0.5) is 0 Å². The van der Waals surface area contributed by atoms with E-state index in [4.69, 9.17) is 14.8 Å². The van der Waals surface area contributed by atoms with E-state index >= 15 is 0 Å². The Morgan fingerprint density at radius 3 is 1.87 bits per heavy atom. The molecule has 0 aromatic rings. The van der Waals surface area contributed by atoms with Crippen molar-refractivity contribution < 1.29 is 13.6 Å². The minimum Gasteiger partial charge on any atom is -0.330 e. The van der Waals surface area contributed by atoms with Crippen LogP contribution in [0, 0.1) is 0 Å². The highest BCUT2D eigenvalue weighted by atomic mass is 31.2. The molecule has 0 radical (unpaired) electrons. The maximum Gasteiger partial charge on any atom is 0.331 e.